The third-order valence-corrected chi connectivity index (χ3v) is 6.98. The van der Waals surface area contributed by atoms with Crippen molar-refractivity contribution in [3.8, 4) is 0 Å². The molecule has 0 unspecified atom stereocenters. The average molecular weight is 457 g/mol. The number of hydrogen-bond acceptors (Lipinski definition) is 6. The summed E-state index contributed by atoms with van der Waals surface area (Å²) in [6, 6.07) is 13.0. The number of ether oxygens (including phenoxy) is 1. The van der Waals surface area contributed by atoms with E-state index in [0.717, 1.165) is 10.4 Å². The van der Waals surface area contributed by atoms with Gasteiger partial charge >= 0.3 is 5.97 Å². The van der Waals surface area contributed by atoms with Crippen molar-refractivity contribution in [3.05, 3.63) is 57.8 Å². The van der Waals surface area contributed by atoms with Crippen LogP contribution in [0.2, 0.25) is 0 Å². The highest BCUT2D eigenvalue weighted by Gasteiger charge is 2.44. The molecule has 0 aliphatic carbocycles. The third kappa shape index (κ3) is 5.62. The fourth-order valence-electron chi connectivity index (χ4n) is 3.94. The molecule has 0 spiro atoms. The fraction of sp³-hybridized carbons (Fsp3) is 0.417. The second-order valence-corrected chi connectivity index (χ2v) is 9.12. The lowest BCUT2D eigenvalue weighted by Gasteiger charge is -2.40. The van der Waals surface area contributed by atoms with E-state index in [1.165, 1.54) is 25.2 Å². The number of nitrogens with one attached hydrogen (secondary N) is 1. The van der Waals surface area contributed by atoms with Gasteiger partial charge in [-0.25, -0.2) is 0 Å². The Morgan fingerprint density at radius 3 is 2.34 bits per heavy atom. The van der Waals surface area contributed by atoms with Crippen molar-refractivity contribution in [2.45, 2.75) is 38.5 Å². The molecule has 7 nitrogen and oxygen atoms in total. The first-order valence-electron chi connectivity index (χ1n) is 10.7. The number of likely N-dealkylation sites (tertiary alicyclic amines) is 1. The number of thiophene rings is 1. The van der Waals surface area contributed by atoms with Crippen molar-refractivity contribution >= 4 is 34.9 Å². The zero-order valence-corrected chi connectivity index (χ0v) is 19.2. The van der Waals surface area contributed by atoms with Crippen LogP contribution in [-0.2, 0) is 31.0 Å². The van der Waals surface area contributed by atoms with Gasteiger partial charge in [-0.1, -0.05) is 30.3 Å². The van der Waals surface area contributed by atoms with Gasteiger partial charge in [0.25, 0.3) is 0 Å². The minimum Gasteiger partial charge on any atom is -0.457 e. The summed E-state index contributed by atoms with van der Waals surface area (Å²) in [7, 11) is 0. The number of amides is 2. The number of esters is 1. The van der Waals surface area contributed by atoms with Crippen LogP contribution in [-0.4, -0.2) is 54.7 Å². The van der Waals surface area contributed by atoms with Gasteiger partial charge in [0, 0.05) is 38.4 Å². The lowest BCUT2D eigenvalue weighted by Crippen LogP contribution is -2.49. The summed E-state index contributed by atoms with van der Waals surface area (Å²) >= 11 is 1.34. The summed E-state index contributed by atoms with van der Waals surface area (Å²) in [5, 5.41) is 2.73. The van der Waals surface area contributed by atoms with Crippen molar-refractivity contribution in [1.82, 2.24) is 10.2 Å². The minimum absolute atomic E-state index is 0.0118. The third-order valence-electron chi connectivity index (χ3n) is 5.80. The summed E-state index contributed by atoms with van der Waals surface area (Å²) in [5.74, 6) is -0.783. The molecule has 2 amide bonds. The second kappa shape index (κ2) is 10.5. The van der Waals surface area contributed by atoms with Gasteiger partial charge in [0.15, 0.2) is 6.61 Å². The van der Waals surface area contributed by atoms with Crippen LogP contribution in [0.4, 0.5) is 0 Å². The van der Waals surface area contributed by atoms with Gasteiger partial charge < -0.3 is 15.0 Å². The SMILES string of the molecule is CC(=O)NCCc1ccc(C(=O)COC(=O)C2(c3ccccc3)CCN(C(C)=O)CC2)s1. The Balaban J connectivity index is 1.64. The number of piperidine rings is 1. The number of carbonyl (C=O) groups is 4. The summed E-state index contributed by atoms with van der Waals surface area (Å²) in [4.78, 5) is 51.8. The number of ketones is 1. The van der Waals surface area contributed by atoms with Crippen LogP contribution in [0, 0.1) is 0 Å². The van der Waals surface area contributed by atoms with Gasteiger partial charge in [0.05, 0.1) is 10.3 Å². The molecule has 0 bridgehead atoms. The molecule has 2 heterocycles. The average Bonchev–Trinajstić information content (AvgIpc) is 3.26. The molecule has 1 aromatic carbocycles. The maximum atomic E-state index is 13.2. The highest BCUT2D eigenvalue weighted by Crippen LogP contribution is 2.37. The highest BCUT2D eigenvalue weighted by molar-refractivity contribution is 7.14. The van der Waals surface area contributed by atoms with E-state index in [4.69, 9.17) is 4.74 Å². The predicted octanol–water partition coefficient (Wildman–Crippen LogP) is 2.73. The molecule has 1 fully saturated rings. The molecule has 2 aromatic rings. The van der Waals surface area contributed by atoms with E-state index in [0.29, 0.717) is 43.8 Å². The molecule has 0 saturated carbocycles. The van der Waals surface area contributed by atoms with Crippen LogP contribution in [0.5, 0.6) is 0 Å². The van der Waals surface area contributed by atoms with Gasteiger partial charge in [0.2, 0.25) is 17.6 Å². The van der Waals surface area contributed by atoms with E-state index in [-0.39, 0.29) is 24.2 Å². The van der Waals surface area contributed by atoms with Gasteiger partial charge in [-0.2, -0.15) is 0 Å². The van der Waals surface area contributed by atoms with E-state index < -0.39 is 11.4 Å². The zero-order chi connectivity index (χ0) is 23.1. The monoisotopic (exact) mass is 456 g/mol. The van der Waals surface area contributed by atoms with Crippen LogP contribution >= 0.6 is 11.3 Å². The molecular formula is C24H28N2O5S. The first-order valence-corrected chi connectivity index (χ1v) is 11.5. The van der Waals surface area contributed by atoms with Crippen molar-refractivity contribution in [2.24, 2.45) is 0 Å². The van der Waals surface area contributed by atoms with Crippen molar-refractivity contribution in [3.63, 3.8) is 0 Å². The standard InChI is InChI=1S/C24H28N2O5S/c1-17(27)25-13-10-20-8-9-22(32-20)21(29)16-31-23(30)24(19-6-4-3-5-7-19)11-14-26(15-12-24)18(2)28/h3-9H,10-16H2,1-2H3,(H,25,27). The summed E-state index contributed by atoms with van der Waals surface area (Å²) < 4.78 is 5.53. The molecule has 0 atom stereocenters. The number of carbonyl (C=O) groups excluding carboxylic acids is 4. The van der Waals surface area contributed by atoms with Gasteiger partial charge in [0.1, 0.15) is 0 Å². The molecule has 3 rings (SSSR count). The molecule has 1 aliphatic rings. The Morgan fingerprint density at radius 2 is 1.72 bits per heavy atom. The lowest BCUT2D eigenvalue weighted by atomic mass is 9.72. The maximum Gasteiger partial charge on any atom is 0.317 e. The molecule has 8 heteroatoms. The maximum absolute atomic E-state index is 13.2. The molecule has 1 aliphatic heterocycles. The van der Waals surface area contributed by atoms with Crippen molar-refractivity contribution in [1.29, 1.82) is 0 Å². The van der Waals surface area contributed by atoms with Gasteiger partial charge in [-0.05, 0) is 37.0 Å². The lowest BCUT2D eigenvalue weighted by molar-refractivity contribution is -0.153. The number of nitrogens with zero attached hydrogens (tertiary/aromatic N) is 1. The van der Waals surface area contributed by atoms with E-state index in [1.54, 1.807) is 11.0 Å². The molecule has 1 N–H and O–H groups in total. The van der Waals surface area contributed by atoms with Crippen LogP contribution in [0.15, 0.2) is 42.5 Å². The Morgan fingerprint density at radius 1 is 1.03 bits per heavy atom. The molecule has 1 aromatic heterocycles. The van der Waals surface area contributed by atoms with E-state index in [9.17, 15) is 19.2 Å². The zero-order valence-electron chi connectivity index (χ0n) is 18.4. The van der Waals surface area contributed by atoms with Gasteiger partial charge in [-0.3, -0.25) is 19.2 Å². The Kier molecular flexibility index (Phi) is 7.80. The summed E-state index contributed by atoms with van der Waals surface area (Å²) in [6.45, 7) is 4.11. The van der Waals surface area contributed by atoms with Crippen LogP contribution in [0.3, 0.4) is 0 Å². The Hall–Kier alpha value is -3.00. The summed E-state index contributed by atoms with van der Waals surface area (Å²) in [6.07, 6.45) is 1.55. The highest BCUT2D eigenvalue weighted by atomic mass is 32.1. The minimum atomic E-state index is -0.869. The predicted molar refractivity (Wildman–Crippen MR) is 122 cm³/mol. The molecular weight excluding hydrogens is 428 g/mol. The van der Waals surface area contributed by atoms with Crippen molar-refractivity contribution < 1.29 is 23.9 Å². The fourth-order valence-corrected chi connectivity index (χ4v) is 4.87. The van der Waals surface area contributed by atoms with Gasteiger partial charge in [-0.15, -0.1) is 11.3 Å². The first kappa shape index (κ1) is 23.7. The molecule has 1 saturated heterocycles. The topological polar surface area (TPSA) is 92.8 Å². The second-order valence-electron chi connectivity index (χ2n) is 7.95. The molecule has 170 valence electrons. The first-order chi connectivity index (χ1) is 15.3. The summed E-state index contributed by atoms with van der Waals surface area (Å²) in [5.41, 5.74) is -0.0241. The quantitative estimate of drug-likeness (QED) is 0.487. The van der Waals surface area contributed by atoms with Crippen molar-refractivity contribution in [2.75, 3.05) is 26.2 Å². The number of Topliss-reactive ketones (excluding diaryl/α,β-unsaturated/α-hetero) is 1. The van der Waals surface area contributed by atoms with E-state index >= 15 is 0 Å². The van der Waals surface area contributed by atoms with E-state index in [1.807, 2.05) is 36.4 Å². The van der Waals surface area contributed by atoms with Crippen LogP contribution in [0.1, 0.15) is 46.8 Å². The molecule has 0 radical (unpaired) electrons. The largest absolute Gasteiger partial charge is 0.457 e. The Labute approximate surface area is 191 Å². The smallest absolute Gasteiger partial charge is 0.317 e. The van der Waals surface area contributed by atoms with E-state index in [2.05, 4.69) is 5.32 Å². The van der Waals surface area contributed by atoms with Crippen LogP contribution in [0.25, 0.3) is 0 Å². The number of rotatable bonds is 8. The van der Waals surface area contributed by atoms with Crippen LogP contribution < -0.4 is 5.32 Å². The number of benzene rings is 1. The normalized spacial score (nSPS) is 15.1. The number of hydrogen-bond donors (Lipinski definition) is 1. The molecule has 32 heavy (non-hydrogen) atoms. The Bertz CT molecular complexity index is 977.